The van der Waals surface area contributed by atoms with E-state index in [1.54, 1.807) is 6.92 Å². The summed E-state index contributed by atoms with van der Waals surface area (Å²) in [7, 11) is 0. The fourth-order valence-electron chi connectivity index (χ4n) is 3.39. The van der Waals surface area contributed by atoms with Crippen LogP contribution in [-0.4, -0.2) is 26.7 Å². The predicted octanol–water partition coefficient (Wildman–Crippen LogP) is 5.45. The van der Waals surface area contributed by atoms with Gasteiger partial charge in [0.1, 0.15) is 5.69 Å². The highest BCUT2D eigenvalue weighted by Crippen LogP contribution is 2.38. The van der Waals surface area contributed by atoms with Gasteiger partial charge in [-0.25, -0.2) is 4.79 Å². The number of hydrogen-bond donors (Lipinski definition) is 1. The second-order valence-corrected chi connectivity index (χ2v) is 6.85. The fourth-order valence-corrected chi connectivity index (χ4v) is 3.39. The van der Waals surface area contributed by atoms with E-state index in [0.29, 0.717) is 6.42 Å². The molecule has 150 valence electrons. The zero-order chi connectivity index (χ0) is 20.9. The summed E-state index contributed by atoms with van der Waals surface area (Å²) in [6.45, 7) is 1.78. The van der Waals surface area contributed by atoms with Crippen LogP contribution in [0.3, 0.4) is 0 Å². The lowest BCUT2D eigenvalue weighted by molar-refractivity contribution is -0.145. The van der Waals surface area contributed by atoms with Crippen molar-refractivity contribution in [3.05, 3.63) is 91.0 Å². The summed E-state index contributed by atoms with van der Waals surface area (Å²) in [5.74, 6) is -1.01. The molecule has 1 atom stereocenters. The fraction of sp³-hybridized carbons (Fsp3) is 0.120. The van der Waals surface area contributed by atoms with Crippen molar-refractivity contribution in [1.29, 1.82) is 0 Å². The lowest BCUT2D eigenvalue weighted by Crippen LogP contribution is -2.27. The summed E-state index contributed by atoms with van der Waals surface area (Å²) >= 11 is 0. The molecule has 1 N–H and O–H groups in total. The van der Waals surface area contributed by atoms with Crippen LogP contribution in [0.1, 0.15) is 13.3 Å². The van der Waals surface area contributed by atoms with E-state index in [4.69, 9.17) is 9.72 Å². The molecule has 3 aromatic carbocycles. The molecule has 0 saturated heterocycles. The molecule has 30 heavy (non-hydrogen) atoms. The topological polar surface area (TPSA) is 64.4 Å². The Balaban J connectivity index is 2.01. The molecule has 1 aromatic heterocycles. The number of ether oxygens (including phenoxy) is 1. The molecular weight excluding hydrogens is 376 g/mol. The Morgan fingerprint density at radius 1 is 0.900 bits per heavy atom. The first-order chi connectivity index (χ1) is 14.7. The number of para-hydroxylation sites is 1. The average Bonchev–Trinajstić information content (AvgIpc) is 3.18. The number of hydrogen-bond acceptors (Lipinski definition) is 3. The summed E-state index contributed by atoms with van der Waals surface area (Å²) in [4.78, 5) is 16.4. The number of carboxylic acids is 1. The van der Waals surface area contributed by atoms with E-state index in [9.17, 15) is 9.90 Å². The molecular formula is C25H22N2O3. The van der Waals surface area contributed by atoms with Gasteiger partial charge in [-0.15, -0.1) is 0 Å². The summed E-state index contributed by atoms with van der Waals surface area (Å²) in [6.07, 6.45) is -0.652. The van der Waals surface area contributed by atoms with Gasteiger partial charge in [0.05, 0.1) is 11.4 Å². The van der Waals surface area contributed by atoms with Crippen LogP contribution < -0.4 is 4.74 Å². The molecule has 0 saturated carbocycles. The van der Waals surface area contributed by atoms with Crippen LogP contribution in [0.15, 0.2) is 91.0 Å². The van der Waals surface area contributed by atoms with Crippen molar-refractivity contribution in [2.75, 3.05) is 0 Å². The molecule has 5 nitrogen and oxygen atoms in total. The minimum Gasteiger partial charge on any atom is -0.479 e. The van der Waals surface area contributed by atoms with E-state index in [-0.39, 0.29) is 6.01 Å². The predicted molar refractivity (Wildman–Crippen MR) is 117 cm³/mol. The van der Waals surface area contributed by atoms with Gasteiger partial charge in [0.15, 0.2) is 6.10 Å². The first-order valence-corrected chi connectivity index (χ1v) is 9.87. The van der Waals surface area contributed by atoms with Crippen LogP contribution in [0.5, 0.6) is 6.01 Å². The normalized spacial score (nSPS) is 11.8. The van der Waals surface area contributed by atoms with Crippen LogP contribution in [0.2, 0.25) is 0 Å². The standard InChI is InChI=1S/C25H22N2O3/c1-2-21(24(28)29)30-25-26-22(18-12-6-3-7-13-18)23(19-14-8-4-9-15-19)27(25)20-16-10-5-11-17-20/h3-17,21H,2H2,1H3,(H,28,29). The van der Waals surface area contributed by atoms with Crippen molar-refractivity contribution < 1.29 is 14.6 Å². The molecule has 0 fully saturated rings. The molecule has 1 heterocycles. The molecule has 0 aliphatic heterocycles. The third kappa shape index (κ3) is 3.82. The quantitative estimate of drug-likeness (QED) is 0.450. The van der Waals surface area contributed by atoms with Crippen molar-refractivity contribution in [3.8, 4) is 34.2 Å². The van der Waals surface area contributed by atoms with E-state index in [1.807, 2.05) is 95.6 Å². The second-order valence-electron chi connectivity index (χ2n) is 6.85. The number of aromatic nitrogens is 2. The van der Waals surface area contributed by atoms with Crippen LogP contribution in [0.4, 0.5) is 0 Å². The van der Waals surface area contributed by atoms with Gasteiger partial charge in [-0.2, -0.15) is 4.98 Å². The maximum absolute atomic E-state index is 11.7. The molecule has 0 spiro atoms. The number of rotatable bonds is 7. The number of carbonyl (C=O) groups is 1. The first kappa shape index (κ1) is 19.5. The Morgan fingerprint density at radius 3 is 1.97 bits per heavy atom. The number of aliphatic carboxylic acids is 1. The number of imidazole rings is 1. The van der Waals surface area contributed by atoms with E-state index in [0.717, 1.165) is 28.2 Å². The Labute approximate surface area is 175 Å². The highest BCUT2D eigenvalue weighted by atomic mass is 16.5. The van der Waals surface area contributed by atoms with Crippen molar-refractivity contribution in [3.63, 3.8) is 0 Å². The van der Waals surface area contributed by atoms with Gasteiger partial charge in [0.2, 0.25) is 0 Å². The van der Waals surface area contributed by atoms with Gasteiger partial charge < -0.3 is 9.84 Å². The van der Waals surface area contributed by atoms with Crippen molar-refractivity contribution in [2.45, 2.75) is 19.4 Å². The molecule has 0 bridgehead atoms. The van der Waals surface area contributed by atoms with Crippen LogP contribution in [0, 0.1) is 0 Å². The van der Waals surface area contributed by atoms with Gasteiger partial charge in [-0.1, -0.05) is 85.8 Å². The molecule has 0 amide bonds. The molecule has 1 unspecified atom stereocenters. The summed E-state index contributed by atoms with van der Waals surface area (Å²) in [5, 5.41) is 9.54. The molecule has 0 aliphatic rings. The van der Waals surface area contributed by atoms with E-state index >= 15 is 0 Å². The highest BCUT2D eigenvalue weighted by Gasteiger charge is 2.26. The lowest BCUT2D eigenvalue weighted by Gasteiger charge is -2.16. The van der Waals surface area contributed by atoms with Crippen molar-refractivity contribution in [1.82, 2.24) is 9.55 Å². The zero-order valence-electron chi connectivity index (χ0n) is 16.6. The van der Waals surface area contributed by atoms with Crippen molar-refractivity contribution >= 4 is 5.97 Å². The van der Waals surface area contributed by atoms with Gasteiger partial charge in [-0.05, 0) is 18.6 Å². The third-order valence-electron chi connectivity index (χ3n) is 4.85. The number of nitrogens with zero attached hydrogens (tertiary/aromatic N) is 2. The van der Waals surface area contributed by atoms with Crippen LogP contribution in [0.25, 0.3) is 28.2 Å². The number of carboxylic acid groups (broad SMARTS) is 1. The molecule has 0 radical (unpaired) electrons. The average molecular weight is 398 g/mol. The molecule has 4 aromatic rings. The monoisotopic (exact) mass is 398 g/mol. The Hall–Kier alpha value is -3.86. The van der Waals surface area contributed by atoms with Gasteiger partial charge >= 0.3 is 12.0 Å². The van der Waals surface area contributed by atoms with Gasteiger partial charge in [0.25, 0.3) is 0 Å². The second kappa shape index (κ2) is 8.66. The molecule has 4 rings (SSSR count). The minimum absolute atomic E-state index is 0.258. The summed E-state index contributed by atoms with van der Waals surface area (Å²) in [5.41, 5.74) is 4.33. The van der Waals surface area contributed by atoms with Crippen LogP contribution >= 0.6 is 0 Å². The lowest BCUT2D eigenvalue weighted by atomic mass is 10.0. The smallest absolute Gasteiger partial charge is 0.345 e. The van der Waals surface area contributed by atoms with Crippen molar-refractivity contribution in [2.24, 2.45) is 0 Å². The Kier molecular flexibility index (Phi) is 5.61. The minimum atomic E-state index is -1.01. The SMILES string of the molecule is CCC(Oc1nc(-c2ccccc2)c(-c2ccccc2)n1-c1ccccc1)C(=O)O. The van der Waals surface area contributed by atoms with E-state index < -0.39 is 12.1 Å². The van der Waals surface area contributed by atoms with Gasteiger partial charge in [0, 0.05) is 11.1 Å². The van der Waals surface area contributed by atoms with Crippen LogP contribution in [-0.2, 0) is 4.79 Å². The summed E-state index contributed by atoms with van der Waals surface area (Å²) < 4.78 is 7.82. The maximum Gasteiger partial charge on any atom is 0.345 e. The zero-order valence-corrected chi connectivity index (χ0v) is 16.6. The maximum atomic E-state index is 11.7. The van der Waals surface area contributed by atoms with E-state index in [2.05, 4.69) is 0 Å². The Morgan fingerprint density at radius 2 is 1.43 bits per heavy atom. The third-order valence-corrected chi connectivity index (χ3v) is 4.85. The Bertz CT molecular complexity index is 1120. The van der Waals surface area contributed by atoms with Gasteiger partial charge in [-0.3, -0.25) is 4.57 Å². The number of benzene rings is 3. The molecule has 5 heteroatoms. The molecule has 0 aliphatic carbocycles. The highest BCUT2D eigenvalue weighted by molar-refractivity contribution is 5.81. The largest absolute Gasteiger partial charge is 0.479 e. The first-order valence-electron chi connectivity index (χ1n) is 9.87. The summed E-state index contributed by atoms with van der Waals surface area (Å²) in [6, 6.07) is 29.8. The van der Waals surface area contributed by atoms with E-state index in [1.165, 1.54) is 0 Å².